The van der Waals surface area contributed by atoms with Crippen molar-refractivity contribution in [1.82, 2.24) is 4.98 Å². The van der Waals surface area contributed by atoms with Crippen LogP contribution < -0.4 is 0 Å². The van der Waals surface area contributed by atoms with Gasteiger partial charge in [0.25, 0.3) is 0 Å². The zero-order valence-electron chi connectivity index (χ0n) is 12.9. The van der Waals surface area contributed by atoms with Gasteiger partial charge in [-0.05, 0) is 44.7 Å². The minimum atomic E-state index is -0.998. The van der Waals surface area contributed by atoms with E-state index in [9.17, 15) is 14.7 Å². The van der Waals surface area contributed by atoms with E-state index in [4.69, 9.17) is 9.47 Å². The first-order valence-corrected chi connectivity index (χ1v) is 7.43. The van der Waals surface area contributed by atoms with Crippen LogP contribution in [0.4, 0.5) is 0 Å². The summed E-state index contributed by atoms with van der Waals surface area (Å²) in [7, 11) is 1.64. The molecule has 0 spiro atoms. The number of carbonyl (C=O) groups excluding carboxylic acids is 1. The van der Waals surface area contributed by atoms with Crippen LogP contribution in [0.3, 0.4) is 0 Å². The Balaban J connectivity index is 2.23. The van der Waals surface area contributed by atoms with Gasteiger partial charge >= 0.3 is 11.9 Å². The highest BCUT2D eigenvalue weighted by Crippen LogP contribution is 2.39. The van der Waals surface area contributed by atoms with Gasteiger partial charge < -0.3 is 14.6 Å². The lowest BCUT2D eigenvalue weighted by atomic mass is 9.70. The highest BCUT2D eigenvalue weighted by molar-refractivity contribution is 5.89. The largest absolute Gasteiger partial charge is 0.481 e. The Morgan fingerprint density at radius 2 is 2.05 bits per heavy atom. The lowest BCUT2D eigenvalue weighted by Crippen LogP contribution is -2.41. The smallest absolute Gasteiger partial charge is 0.339 e. The average molecular weight is 307 g/mol. The summed E-state index contributed by atoms with van der Waals surface area (Å²) in [6, 6.07) is 3.20. The van der Waals surface area contributed by atoms with Gasteiger partial charge in [-0.25, -0.2) is 4.79 Å². The number of carboxylic acids is 1. The van der Waals surface area contributed by atoms with Crippen molar-refractivity contribution < 1.29 is 24.2 Å². The van der Waals surface area contributed by atoms with Crippen molar-refractivity contribution in [3.63, 3.8) is 0 Å². The van der Waals surface area contributed by atoms with Crippen LogP contribution >= 0.6 is 0 Å². The van der Waals surface area contributed by atoms with Gasteiger partial charge in [-0.3, -0.25) is 9.78 Å². The molecule has 6 heteroatoms. The summed E-state index contributed by atoms with van der Waals surface area (Å²) in [6.07, 6.45) is 3.82. The van der Waals surface area contributed by atoms with Gasteiger partial charge in [0.1, 0.15) is 5.41 Å². The molecule has 0 amide bonds. The summed E-state index contributed by atoms with van der Waals surface area (Å²) < 4.78 is 10.2. The first-order valence-electron chi connectivity index (χ1n) is 7.43. The molecule has 22 heavy (non-hydrogen) atoms. The number of aromatic nitrogens is 1. The standard InChI is InChI=1S/C16H21NO5/c1-3-22-14(18)11-4-5-13(17-10-11)16(15(19)20)8-6-12(21-2)7-9-16/h4-5,10,12H,3,6-9H2,1-2H3,(H,19,20). The van der Waals surface area contributed by atoms with Crippen LogP contribution in [0.5, 0.6) is 0 Å². The normalized spacial score (nSPS) is 24.7. The minimum Gasteiger partial charge on any atom is -0.481 e. The summed E-state index contributed by atoms with van der Waals surface area (Å²) >= 11 is 0. The molecule has 1 aromatic heterocycles. The molecule has 1 aliphatic rings. The molecule has 6 nitrogen and oxygen atoms in total. The third-order valence-corrected chi connectivity index (χ3v) is 4.29. The number of hydrogen-bond acceptors (Lipinski definition) is 5. The quantitative estimate of drug-likeness (QED) is 0.839. The summed E-state index contributed by atoms with van der Waals surface area (Å²) in [5.41, 5.74) is -0.179. The molecular formula is C16H21NO5. The molecule has 0 radical (unpaired) electrons. The fraction of sp³-hybridized carbons (Fsp3) is 0.562. The number of methoxy groups -OCH3 is 1. The Hall–Kier alpha value is -1.95. The second-order valence-electron chi connectivity index (χ2n) is 5.47. The van der Waals surface area contributed by atoms with E-state index in [0.29, 0.717) is 36.9 Å². The highest BCUT2D eigenvalue weighted by Gasteiger charge is 2.44. The van der Waals surface area contributed by atoms with Crippen LogP contribution in [0, 0.1) is 0 Å². The second-order valence-corrected chi connectivity index (χ2v) is 5.47. The van der Waals surface area contributed by atoms with Gasteiger partial charge in [-0.15, -0.1) is 0 Å². The van der Waals surface area contributed by atoms with Crippen molar-refractivity contribution in [3.8, 4) is 0 Å². The fourth-order valence-electron chi connectivity index (χ4n) is 2.91. The van der Waals surface area contributed by atoms with Crippen LogP contribution in [-0.2, 0) is 19.7 Å². The number of hydrogen-bond donors (Lipinski definition) is 1. The predicted molar refractivity (Wildman–Crippen MR) is 78.8 cm³/mol. The van der Waals surface area contributed by atoms with E-state index in [2.05, 4.69) is 4.98 Å². The van der Waals surface area contributed by atoms with Gasteiger partial charge in [0.15, 0.2) is 0 Å². The van der Waals surface area contributed by atoms with E-state index in [1.807, 2.05) is 0 Å². The molecular weight excluding hydrogens is 286 g/mol. The average Bonchev–Trinajstić information content (AvgIpc) is 2.55. The monoisotopic (exact) mass is 307 g/mol. The van der Waals surface area contributed by atoms with Crippen LogP contribution in [0.25, 0.3) is 0 Å². The third-order valence-electron chi connectivity index (χ3n) is 4.29. The summed E-state index contributed by atoms with van der Waals surface area (Å²) in [6.45, 7) is 2.02. The van der Waals surface area contributed by atoms with Gasteiger partial charge in [0.05, 0.1) is 24.0 Å². The lowest BCUT2D eigenvalue weighted by Gasteiger charge is -2.35. The van der Waals surface area contributed by atoms with E-state index in [1.54, 1.807) is 26.2 Å². The number of aliphatic carboxylic acids is 1. The molecule has 1 aromatic rings. The van der Waals surface area contributed by atoms with Crippen LogP contribution in [-0.4, -0.2) is 41.8 Å². The van der Waals surface area contributed by atoms with Crippen molar-refractivity contribution in [2.75, 3.05) is 13.7 Å². The maximum absolute atomic E-state index is 11.8. The van der Waals surface area contributed by atoms with Crippen molar-refractivity contribution in [1.29, 1.82) is 0 Å². The number of nitrogens with zero attached hydrogens (tertiary/aromatic N) is 1. The van der Waals surface area contributed by atoms with Gasteiger partial charge in [0.2, 0.25) is 0 Å². The van der Waals surface area contributed by atoms with Crippen LogP contribution in [0.15, 0.2) is 18.3 Å². The number of esters is 1. The SMILES string of the molecule is CCOC(=O)c1ccc(C2(C(=O)O)CCC(OC)CC2)nc1. The number of ether oxygens (including phenoxy) is 2. The lowest BCUT2D eigenvalue weighted by molar-refractivity contribution is -0.146. The summed E-state index contributed by atoms with van der Waals surface area (Å²) in [4.78, 5) is 27.7. The summed E-state index contributed by atoms with van der Waals surface area (Å²) in [5.74, 6) is -1.33. The van der Waals surface area contributed by atoms with Crippen LogP contribution in [0.2, 0.25) is 0 Å². The molecule has 0 saturated heterocycles. The number of carbonyl (C=O) groups is 2. The Kier molecular flexibility index (Phi) is 5.13. The predicted octanol–water partition coefficient (Wildman–Crippen LogP) is 2.17. The molecule has 1 fully saturated rings. The Morgan fingerprint density at radius 1 is 1.36 bits per heavy atom. The van der Waals surface area contributed by atoms with Crippen molar-refractivity contribution in [2.45, 2.75) is 44.1 Å². The molecule has 0 aliphatic heterocycles. The Morgan fingerprint density at radius 3 is 2.50 bits per heavy atom. The molecule has 1 N–H and O–H groups in total. The Bertz CT molecular complexity index is 532. The first kappa shape index (κ1) is 16.4. The molecule has 1 saturated carbocycles. The second kappa shape index (κ2) is 6.87. The number of rotatable bonds is 5. The van der Waals surface area contributed by atoms with E-state index < -0.39 is 17.4 Å². The molecule has 0 atom stereocenters. The molecule has 1 aliphatic carbocycles. The molecule has 120 valence electrons. The number of pyridine rings is 1. The van der Waals surface area contributed by atoms with E-state index >= 15 is 0 Å². The molecule has 2 rings (SSSR count). The molecule has 0 unspecified atom stereocenters. The highest BCUT2D eigenvalue weighted by atomic mass is 16.5. The summed E-state index contributed by atoms with van der Waals surface area (Å²) in [5, 5.41) is 9.69. The van der Waals surface area contributed by atoms with Crippen molar-refractivity contribution in [3.05, 3.63) is 29.6 Å². The van der Waals surface area contributed by atoms with Crippen molar-refractivity contribution in [2.24, 2.45) is 0 Å². The van der Waals surface area contributed by atoms with E-state index in [-0.39, 0.29) is 12.7 Å². The van der Waals surface area contributed by atoms with Gasteiger partial charge in [0, 0.05) is 13.3 Å². The molecule has 1 heterocycles. The molecule has 0 bridgehead atoms. The van der Waals surface area contributed by atoms with Gasteiger partial charge in [-0.1, -0.05) is 0 Å². The van der Waals surface area contributed by atoms with Gasteiger partial charge in [-0.2, -0.15) is 0 Å². The van der Waals surface area contributed by atoms with E-state index in [0.717, 1.165) is 0 Å². The minimum absolute atomic E-state index is 0.103. The molecule has 0 aromatic carbocycles. The third kappa shape index (κ3) is 3.11. The van der Waals surface area contributed by atoms with Crippen LogP contribution in [0.1, 0.15) is 48.7 Å². The maximum Gasteiger partial charge on any atom is 0.339 e. The first-order chi connectivity index (χ1) is 10.5. The van der Waals surface area contributed by atoms with E-state index in [1.165, 1.54) is 6.20 Å². The zero-order valence-corrected chi connectivity index (χ0v) is 12.9. The number of carboxylic acid groups (broad SMARTS) is 1. The maximum atomic E-state index is 11.8. The zero-order chi connectivity index (χ0) is 16.2. The fourth-order valence-corrected chi connectivity index (χ4v) is 2.91. The topological polar surface area (TPSA) is 85.7 Å². The Labute approximate surface area is 129 Å². The van der Waals surface area contributed by atoms with Crippen molar-refractivity contribution >= 4 is 11.9 Å².